The summed E-state index contributed by atoms with van der Waals surface area (Å²) in [5.74, 6) is 4.80. The van der Waals surface area contributed by atoms with Gasteiger partial charge in [0.2, 0.25) is 6.79 Å². The first-order valence-corrected chi connectivity index (χ1v) is 49.8. The van der Waals surface area contributed by atoms with Crippen molar-refractivity contribution >= 4 is 102 Å². The lowest BCUT2D eigenvalue weighted by atomic mass is 10.1. The van der Waals surface area contributed by atoms with Crippen LogP contribution in [-0.2, 0) is 13.2 Å². The molecule has 0 spiro atoms. The quantitative estimate of drug-likeness (QED) is 0.0281. The zero-order chi connectivity index (χ0) is 100. The van der Waals surface area contributed by atoms with Crippen LogP contribution in [-0.4, -0.2) is 20.0 Å². The molecule has 0 N–H and O–H groups in total. The van der Waals surface area contributed by atoms with Crippen LogP contribution in [0.3, 0.4) is 0 Å². The van der Waals surface area contributed by atoms with E-state index in [-0.39, 0.29) is 6.79 Å². The van der Waals surface area contributed by atoms with Crippen molar-refractivity contribution in [3.8, 4) is 34.5 Å². The molecule has 0 atom stereocenters. The standard InChI is InChI=1S/C48H44N2O2.C44H44N2O2.C41H38N2O2/c1-35-14-22-41(23-15-35)49(42-24-16-36(2)17-25-42)45-10-6-12-47(31-45)51-33-39-8-5-9-40(30-39)34-52-48-13-7-11-46(32-48)50(43-26-18-37(3)19-27-43)44-28-20-38(4)21-29-44;1-33-13-21-37(22-14-33)45(38-23-15-34(2)16-24-38)41-9-7-11-43(31-41)47-29-5-6-30-48-44-12-8-10-42(32-44)46(39-25-17-35(3)18-26-39)40-27-19-36(4)20-28-40;1-30-11-19-34(20-12-30)42(35-21-13-31(2)14-22-35)38-7-5-9-40(27-38)44-29-45-41-10-6-8-39(28-41)43(36-23-15-32(3)16-24-36)37-25-17-33(4)18-26-37/h5-32H,33-34H2,1-4H3;7-28,31-32H,5-6,29-30H2,1-4H3;5-28H,29H2,1-4H3. The Labute approximate surface area is 857 Å². The summed E-state index contributed by atoms with van der Waals surface area (Å²) in [5, 5.41) is 0. The first kappa shape index (κ1) is 99.3. The molecule has 724 valence electrons. The second-order valence-electron chi connectivity index (χ2n) is 37.2. The molecule has 0 saturated carbocycles. The number of hydrogen-bond acceptors (Lipinski definition) is 12. The highest BCUT2D eigenvalue weighted by atomic mass is 16.7. The van der Waals surface area contributed by atoms with Crippen LogP contribution in [0.25, 0.3) is 0 Å². The second kappa shape index (κ2) is 48.3. The predicted octanol–water partition coefficient (Wildman–Crippen LogP) is 36.4. The van der Waals surface area contributed by atoms with E-state index in [9.17, 15) is 0 Å². The maximum Gasteiger partial charge on any atom is 0.230 e. The zero-order valence-corrected chi connectivity index (χ0v) is 85.0. The van der Waals surface area contributed by atoms with Gasteiger partial charge in [0, 0.05) is 139 Å². The van der Waals surface area contributed by atoms with Crippen LogP contribution in [0.15, 0.2) is 461 Å². The number of anilines is 18. The van der Waals surface area contributed by atoms with Crippen molar-refractivity contribution in [2.75, 3.05) is 49.4 Å². The molecule has 0 fully saturated rings. The van der Waals surface area contributed by atoms with Gasteiger partial charge in [0.15, 0.2) is 0 Å². The molecule has 0 aliphatic carbocycles. The summed E-state index contributed by atoms with van der Waals surface area (Å²) in [6.45, 7) is 27.5. The molecule has 12 heteroatoms. The Balaban J connectivity index is 0.000000149. The van der Waals surface area contributed by atoms with Gasteiger partial charge in [-0.1, -0.05) is 267 Å². The van der Waals surface area contributed by atoms with Crippen LogP contribution in [0.5, 0.6) is 34.5 Å². The first-order valence-electron chi connectivity index (χ1n) is 49.8. The monoisotopic (exact) mass is 1900 g/mol. The van der Waals surface area contributed by atoms with Crippen molar-refractivity contribution < 1.29 is 28.4 Å². The van der Waals surface area contributed by atoms with E-state index < -0.39 is 0 Å². The van der Waals surface area contributed by atoms with Crippen LogP contribution in [0.2, 0.25) is 0 Å². The minimum absolute atomic E-state index is 0.0804. The van der Waals surface area contributed by atoms with Gasteiger partial charge in [0.25, 0.3) is 0 Å². The summed E-state index contributed by atoms with van der Waals surface area (Å²) in [6, 6.07) is 161. The molecule has 19 rings (SSSR count). The Hall–Kier alpha value is -17.2. The number of aryl methyl sites for hydroxylation is 12. The lowest BCUT2D eigenvalue weighted by molar-refractivity contribution is 0.120. The molecule has 145 heavy (non-hydrogen) atoms. The molecular formula is C133H126N6O6. The number of unbranched alkanes of at least 4 members (excludes halogenated alkanes) is 1. The third-order valence-electron chi connectivity index (χ3n) is 25.3. The molecule has 12 nitrogen and oxygen atoms in total. The van der Waals surface area contributed by atoms with Crippen LogP contribution < -0.4 is 57.8 Å². The highest BCUT2D eigenvalue weighted by molar-refractivity contribution is 5.84. The van der Waals surface area contributed by atoms with Crippen molar-refractivity contribution in [1.29, 1.82) is 0 Å². The number of nitrogens with zero attached hydrogens (tertiary/aromatic N) is 6. The summed E-state index contributed by atoms with van der Waals surface area (Å²) in [7, 11) is 0. The highest BCUT2D eigenvalue weighted by Crippen LogP contribution is 2.45. The molecule has 0 aromatic heterocycles. The third kappa shape index (κ3) is 27.1. The molecule has 0 heterocycles. The van der Waals surface area contributed by atoms with E-state index in [0.717, 1.165) is 161 Å². The number of hydrogen-bond donors (Lipinski definition) is 0. The van der Waals surface area contributed by atoms with Crippen molar-refractivity contribution in [2.24, 2.45) is 0 Å². The van der Waals surface area contributed by atoms with Crippen LogP contribution in [0.4, 0.5) is 102 Å². The maximum absolute atomic E-state index is 6.38. The Morgan fingerprint density at radius 3 is 0.448 bits per heavy atom. The topological polar surface area (TPSA) is 74.8 Å². The molecular weight excluding hydrogens is 1780 g/mol. The minimum Gasteiger partial charge on any atom is -0.494 e. The van der Waals surface area contributed by atoms with E-state index >= 15 is 0 Å². The smallest absolute Gasteiger partial charge is 0.230 e. The van der Waals surface area contributed by atoms with Gasteiger partial charge in [-0.05, 0) is 332 Å². The molecule has 0 aliphatic heterocycles. The van der Waals surface area contributed by atoms with Gasteiger partial charge in [-0.15, -0.1) is 0 Å². The van der Waals surface area contributed by atoms with Crippen LogP contribution in [0.1, 0.15) is 90.7 Å². The summed E-state index contributed by atoms with van der Waals surface area (Å²) >= 11 is 0. The van der Waals surface area contributed by atoms with Gasteiger partial charge >= 0.3 is 0 Å². The van der Waals surface area contributed by atoms with Gasteiger partial charge in [-0.25, -0.2) is 0 Å². The minimum atomic E-state index is 0.0804. The van der Waals surface area contributed by atoms with Gasteiger partial charge < -0.3 is 57.8 Å². The van der Waals surface area contributed by atoms with E-state index in [4.69, 9.17) is 28.4 Å². The van der Waals surface area contributed by atoms with Gasteiger partial charge in [0.1, 0.15) is 47.7 Å². The number of rotatable bonds is 35. The van der Waals surface area contributed by atoms with E-state index in [1.54, 1.807) is 0 Å². The maximum atomic E-state index is 6.38. The Morgan fingerprint density at radius 2 is 0.283 bits per heavy atom. The molecule has 0 unspecified atom stereocenters. The molecule has 19 aromatic carbocycles. The van der Waals surface area contributed by atoms with Gasteiger partial charge in [-0.2, -0.15) is 0 Å². The van der Waals surface area contributed by atoms with E-state index in [1.807, 2.05) is 48.5 Å². The SMILES string of the molecule is Cc1ccc(N(c2ccc(C)cc2)c2cccc(OCCCCOc3cccc(N(c4ccc(C)cc4)c4ccc(C)cc4)c3)c2)cc1.Cc1ccc(N(c2ccc(C)cc2)c2cccc(OCOc3cccc(N(c4ccc(C)cc4)c4ccc(C)cc4)c3)c2)cc1.Cc1ccc(N(c2ccc(C)cc2)c2cccc(OCc3cccc(COc4cccc(N(c5ccc(C)cc5)c5ccc(C)cc5)c4)c3)c2)cc1. The summed E-state index contributed by atoms with van der Waals surface area (Å²) in [6.07, 6.45) is 1.78. The molecule has 0 radical (unpaired) electrons. The van der Waals surface area contributed by atoms with Crippen molar-refractivity contribution in [1.82, 2.24) is 0 Å². The molecule has 0 saturated heterocycles. The van der Waals surface area contributed by atoms with E-state index in [2.05, 4.69) is 525 Å². The Kier molecular flexibility index (Phi) is 33.1. The average Bonchev–Trinajstić information content (AvgIpc) is 0.824. The van der Waals surface area contributed by atoms with Crippen molar-refractivity contribution in [3.63, 3.8) is 0 Å². The molecule has 0 bridgehead atoms. The highest BCUT2D eigenvalue weighted by Gasteiger charge is 2.22. The second-order valence-corrected chi connectivity index (χ2v) is 37.2. The fourth-order valence-electron chi connectivity index (χ4n) is 17.2. The lowest BCUT2D eigenvalue weighted by Crippen LogP contribution is -2.11. The summed E-state index contributed by atoms with van der Waals surface area (Å²) in [5.41, 5.74) is 36.4. The molecule has 19 aromatic rings. The fraction of sp³-hybridized carbons (Fsp3) is 0.143. The van der Waals surface area contributed by atoms with Crippen molar-refractivity contribution in [3.05, 3.63) is 539 Å². The Morgan fingerprint density at radius 1 is 0.138 bits per heavy atom. The summed E-state index contributed by atoms with van der Waals surface area (Å²) < 4.78 is 37.5. The molecule has 0 aliphatic rings. The largest absolute Gasteiger partial charge is 0.494 e. The average molecular weight is 1900 g/mol. The zero-order valence-electron chi connectivity index (χ0n) is 85.0. The van der Waals surface area contributed by atoms with Crippen LogP contribution >= 0.6 is 0 Å². The Bertz CT molecular complexity index is 6660. The van der Waals surface area contributed by atoms with Crippen molar-refractivity contribution in [2.45, 2.75) is 109 Å². The third-order valence-corrected chi connectivity index (χ3v) is 25.3. The predicted molar refractivity (Wildman–Crippen MR) is 605 cm³/mol. The lowest BCUT2D eigenvalue weighted by Gasteiger charge is -2.26. The molecule has 0 amide bonds. The summed E-state index contributed by atoms with van der Waals surface area (Å²) in [4.78, 5) is 13.5. The van der Waals surface area contributed by atoms with Gasteiger partial charge in [0.05, 0.1) is 13.2 Å². The number of benzene rings is 19. The first-order chi connectivity index (χ1) is 70.7. The normalized spacial score (nSPS) is 10.8. The van der Waals surface area contributed by atoms with E-state index in [0.29, 0.717) is 26.4 Å². The number of ether oxygens (including phenoxy) is 6. The van der Waals surface area contributed by atoms with Gasteiger partial charge in [-0.3, -0.25) is 0 Å². The van der Waals surface area contributed by atoms with Crippen LogP contribution in [0, 0.1) is 83.1 Å². The van der Waals surface area contributed by atoms with E-state index in [1.165, 1.54) is 66.8 Å². The fourth-order valence-corrected chi connectivity index (χ4v) is 17.2.